The maximum absolute atomic E-state index is 12.0. The predicted octanol–water partition coefficient (Wildman–Crippen LogP) is 1.82. The second-order valence-electron chi connectivity index (χ2n) is 5.49. The van der Waals surface area contributed by atoms with Crippen molar-refractivity contribution in [3.8, 4) is 0 Å². The smallest absolute Gasteiger partial charge is 0.240 e. The molecule has 0 saturated carbocycles. The average Bonchev–Trinajstić information content (AvgIpc) is 2.62. The number of sulfonamides is 1. The summed E-state index contributed by atoms with van der Waals surface area (Å²) < 4.78 is 31.5. The Hall–Kier alpha value is -2.22. The standard InChI is InChI=1S/C18H22N2O4S/c1-24-14-16-9-7-15(8-10-16)13-19-18(21)11-12-20-25(22,23)17-5-3-2-4-6-17/h2-10,20H,11-14H2,1H3,(H,19,21). The molecule has 0 saturated heterocycles. The number of hydrogen-bond acceptors (Lipinski definition) is 4. The second-order valence-corrected chi connectivity index (χ2v) is 7.25. The van der Waals surface area contributed by atoms with Crippen molar-refractivity contribution >= 4 is 15.9 Å². The van der Waals surface area contributed by atoms with Gasteiger partial charge in [0, 0.05) is 26.6 Å². The zero-order valence-corrected chi connectivity index (χ0v) is 14.9. The molecule has 0 aliphatic heterocycles. The molecule has 0 atom stereocenters. The molecule has 0 aliphatic rings. The van der Waals surface area contributed by atoms with E-state index in [9.17, 15) is 13.2 Å². The van der Waals surface area contributed by atoms with Gasteiger partial charge >= 0.3 is 0 Å². The maximum Gasteiger partial charge on any atom is 0.240 e. The quantitative estimate of drug-likeness (QED) is 0.713. The summed E-state index contributed by atoms with van der Waals surface area (Å²) in [6.45, 7) is 1.00. The highest BCUT2D eigenvalue weighted by Crippen LogP contribution is 2.07. The number of ether oxygens (including phenoxy) is 1. The summed E-state index contributed by atoms with van der Waals surface area (Å²) >= 11 is 0. The number of carbonyl (C=O) groups is 1. The van der Waals surface area contributed by atoms with E-state index >= 15 is 0 Å². The first-order valence-corrected chi connectivity index (χ1v) is 9.38. The Bertz CT molecular complexity index is 774. The van der Waals surface area contributed by atoms with Crippen molar-refractivity contribution in [1.82, 2.24) is 10.0 Å². The molecule has 0 bridgehead atoms. The highest BCUT2D eigenvalue weighted by molar-refractivity contribution is 7.89. The molecule has 2 rings (SSSR count). The Labute approximate surface area is 148 Å². The molecule has 0 spiro atoms. The van der Waals surface area contributed by atoms with Gasteiger partial charge in [-0.15, -0.1) is 0 Å². The van der Waals surface area contributed by atoms with Crippen molar-refractivity contribution in [3.63, 3.8) is 0 Å². The van der Waals surface area contributed by atoms with Gasteiger partial charge in [-0.25, -0.2) is 13.1 Å². The van der Waals surface area contributed by atoms with E-state index in [0.717, 1.165) is 11.1 Å². The number of methoxy groups -OCH3 is 1. The first kappa shape index (κ1) is 19.1. The van der Waals surface area contributed by atoms with Gasteiger partial charge in [-0.1, -0.05) is 42.5 Å². The fraction of sp³-hybridized carbons (Fsp3) is 0.278. The topological polar surface area (TPSA) is 84.5 Å². The van der Waals surface area contributed by atoms with Crippen LogP contribution in [0.4, 0.5) is 0 Å². The Morgan fingerprint density at radius 2 is 1.64 bits per heavy atom. The summed E-state index contributed by atoms with van der Waals surface area (Å²) in [5.41, 5.74) is 2.03. The fourth-order valence-corrected chi connectivity index (χ4v) is 3.24. The lowest BCUT2D eigenvalue weighted by Gasteiger charge is -2.08. The monoisotopic (exact) mass is 362 g/mol. The number of nitrogens with one attached hydrogen (secondary N) is 2. The molecule has 0 fully saturated rings. The zero-order chi connectivity index (χ0) is 18.1. The molecule has 0 aliphatic carbocycles. The SMILES string of the molecule is COCc1ccc(CNC(=O)CCNS(=O)(=O)c2ccccc2)cc1. The van der Waals surface area contributed by atoms with Gasteiger partial charge in [0.1, 0.15) is 0 Å². The third kappa shape index (κ3) is 6.30. The van der Waals surface area contributed by atoms with Gasteiger partial charge < -0.3 is 10.1 Å². The van der Waals surface area contributed by atoms with Gasteiger partial charge in [-0.3, -0.25) is 4.79 Å². The van der Waals surface area contributed by atoms with Crippen molar-refractivity contribution < 1.29 is 17.9 Å². The van der Waals surface area contributed by atoms with Crippen LogP contribution in [0.5, 0.6) is 0 Å². The van der Waals surface area contributed by atoms with E-state index in [0.29, 0.717) is 13.2 Å². The molecule has 1 amide bonds. The Balaban J connectivity index is 1.74. The Morgan fingerprint density at radius 1 is 1.00 bits per heavy atom. The minimum Gasteiger partial charge on any atom is -0.380 e. The number of amides is 1. The molecule has 2 aromatic rings. The normalized spacial score (nSPS) is 11.2. The first-order valence-electron chi connectivity index (χ1n) is 7.89. The minimum absolute atomic E-state index is 0.0514. The lowest BCUT2D eigenvalue weighted by Crippen LogP contribution is -2.30. The van der Waals surface area contributed by atoms with Crippen LogP contribution in [0.3, 0.4) is 0 Å². The van der Waals surface area contributed by atoms with Crippen LogP contribution in [0, 0.1) is 0 Å². The van der Waals surface area contributed by atoms with E-state index in [1.165, 1.54) is 12.1 Å². The molecule has 0 aromatic heterocycles. The highest BCUT2D eigenvalue weighted by Gasteiger charge is 2.13. The molecule has 25 heavy (non-hydrogen) atoms. The van der Waals surface area contributed by atoms with E-state index in [2.05, 4.69) is 10.0 Å². The summed E-state index contributed by atoms with van der Waals surface area (Å²) in [4.78, 5) is 12.0. The number of carbonyl (C=O) groups excluding carboxylic acids is 1. The van der Waals surface area contributed by atoms with Crippen LogP contribution < -0.4 is 10.0 Å². The molecule has 6 nitrogen and oxygen atoms in total. The van der Waals surface area contributed by atoms with E-state index < -0.39 is 10.0 Å². The van der Waals surface area contributed by atoms with E-state index in [1.54, 1.807) is 25.3 Å². The molecule has 2 aromatic carbocycles. The second kappa shape index (κ2) is 9.31. The van der Waals surface area contributed by atoms with Crippen LogP contribution in [-0.4, -0.2) is 28.0 Å². The van der Waals surface area contributed by atoms with Crippen LogP contribution in [0.2, 0.25) is 0 Å². The third-order valence-electron chi connectivity index (χ3n) is 3.52. The van der Waals surface area contributed by atoms with Crippen LogP contribution in [-0.2, 0) is 32.7 Å². The maximum atomic E-state index is 12.0. The van der Waals surface area contributed by atoms with Crippen LogP contribution in [0.15, 0.2) is 59.5 Å². The fourth-order valence-electron chi connectivity index (χ4n) is 2.19. The van der Waals surface area contributed by atoms with Gasteiger partial charge in [-0.05, 0) is 23.3 Å². The van der Waals surface area contributed by atoms with Crippen LogP contribution in [0.1, 0.15) is 17.5 Å². The lowest BCUT2D eigenvalue weighted by atomic mass is 10.1. The van der Waals surface area contributed by atoms with Gasteiger partial charge in [0.25, 0.3) is 0 Å². The van der Waals surface area contributed by atoms with E-state index in [4.69, 9.17) is 4.74 Å². The Morgan fingerprint density at radius 3 is 2.28 bits per heavy atom. The van der Waals surface area contributed by atoms with Gasteiger partial charge in [0.15, 0.2) is 0 Å². The van der Waals surface area contributed by atoms with E-state index in [1.807, 2.05) is 24.3 Å². The Kier molecular flexibility index (Phi) is 7.12. The molecule has 2 N–H and O–H groups in total. The predicted molar refractivity (Wildman–Crippen MR) is 95.2 cm³/mol. The summed E-state index contributed by atoms with van der Waals surface area (Å²) in [5, 5.41) is 2.77. The van der Waals surface area contributed by atoms with Crippen molar-refractivity contribution in [3.05, 3.63) is 65.7 Å². The minimum atomic E-state index is -3.58. The van der Waals surface area contributed by atoms with Gasteiger partial charge in [-0.2, -0.15) is 0 Å². The van der Waals surface area contributed by atoms with Crippen molar-refractivity contribution in [1.29, 1.82) is 0 Å². The van der Waals surface area contributed by atoms with Crippen molar-refractivity contribution in [2.45, 2.75) is 24.5 Å². The first-order chi connectivity index (χ1) is 12.0. The number of hydrogen-bond donors (Lipinski definition) is 2. The van der Waals surface area contributed by atoms with Crippen molar-refractivity contribution in [2.24, 2.45) is 0 Å². The molecular formula is C18H22N2O4S. The lowest BCUT2D eigenvalue weighted by molar-refractivity contribution is -0.121. The summed E-state index contributed by atoms with van der Waals surface area (Å²) in [6, 6.07) is 15.8. The van der Waals surface area contributed by atoms with Crippen LogP contribution >= 0.6 is 0 Å². The summed E-state index contributed by atoms with van der Waals surface area (Å²) in [5.74, 6) is -0.211. The highest BCUT2D eigenvalue weighted by atomic mass is 32.2. The molecule has 0 radical (unpaired) electrons. The summed E-state index contributed by atoms with van der Waals surface area (Å²) in [7, 11) is -1.94. The van der Waals surface area contributed by atoms with Gasteiger partial charge in [0.2, 0.25) is 15.9 Å². The third-order valence-corrected chi connectivity index (χ3v) is 5.00. The molecular weight excluding hydrogens is 340 g/mol. The van der Waals surface area contributed by atoms with Gasteiger partial charge in [0.05, 0.1) is 11.5 Å². The zero-order valence-electron chi connectivity index (χ0n) is 14.1. The number of rotatable bonds is 9. The largest absolute Gasteiger partial charge is 0.380 e. The van der Waals surface area contributed by atoms with Crippen LogP contribution in [0.25, 0.3) is 0 Å². The average molecular weight is 362 g/mol. The summed E-state index contributed by atoms with van der Waals surface area (Å²) in [6.07, 6.45) is 0.0772. The number of benzene rings is 2. The van der Waals surface area contributed by atoms with Crippen molar-refractivity contribution in [2.75, 3.05) is 13.7 Å². The molecule has 7 heteroatoms. The molecule has 0 heterocycles. The molecule has 0 unspecified atom stereocenters. The van der Waals surface area contributed by atoms with E-state index in [-0.39, 0.29) is 23.8 Å². The molecule has 134 valence electrons.